The van der Waals surface area contributed by atoms with Crippen LogP contribution >= 0.6 is 0 Å². The summed E-state index contributed by atoms with van der Waals surface area (Å²) in [5.41, 5.74) is 9.43. The van der Waals surface area contributed by atoms with Gasteiger partial charge in [-0.25, -0.2) is 0 Å². The van der Waals surface area contributed by atoms with Crippen molar-refractivity contribution in [3.63, 3.8) is 0 Å². The van der Waals surface area contributed by atoms with E-state index in [0.29, 0.717) is 12.6 Å². The second-order valence-electron chi connectivity index (χ2n) is 5.39. The molecule has 1 heterocycles. The molecule has 1 aliphatic rings. The van der Waals surface area contributed by atoms with E-state index in [0.717, 1.165) is 11.6 Å². The number of nitrogens with zero attached hydrogens (tertiary/aromatic N) is 2. The highest BCUT2D eigenvalue weighted by Crippen LogP contribution is 2.35. The molecule has 1 aliphatic carbocycles. The number of hydrogen-bond acceptors (Lipinski definition) is 2. The molecule has 0 aliphatic heterocycles. The SMILES string of the molecule is CCC1CCCC(n2nc(C)c(CN)c2C)C1. The molecule has 0 amide bonds. The summed E-state index contributed by atoms with van der Waals surface area (Å²) in [6.45, 7) is 7.16. The molecule has 1 fully saturated rings. The topological polar surface area (TPSA) is 43.8 Å². The summed E-state index contributed by atoms with van der Waals surface area (Å²) in [5.74, 6) is 0.888. The molecule has 3 heteroatoms. The molecule has 2 unspecified atom stereocenters. The molecule has 1 saturated carbocycles. The molecule has 1 aromatic heterocycles. The fourth-order valence-electron chi connectivity index (χ4n) is 3.20. The van der Waals surface area contributed by atoms with E-state index in [4.69, 9.17) is 10.8 Å². The van der Waals surface area contributed by atoms with E-state index in [9.17, 15) is 0 Å². The van der Waals surface area contributed by atoms with Gasteiger partial charge in [-0.05, 0) is 32.6 Å². The van der Waals surface area contributed by atoms with Gasteiger partial charge >= 0.3 is 0 Å². The third-order valence-electron chi connectivity index (χ3n) is 4.36. The van der Waals surface area contributed by atoms with Crippen LogP contribution in [0.1, 0.15) is 62.0 Å². The van der Waals surface area contributed by atoms with Gasteiger partial charge in [-0.2, -0.15) is 5.10 Å². The van der Waals surface area contributed by atoms with Crippen molar-refractivity contribution in [2.24, 2.45) is 11.7 Å². The number of hydrogen-bond donors (Lipinski definition) is 1. The molecule has 3 nitrogen and oxygen atoms in total. The van der Waals surface area contributed by atoms with E-state index in [2.05, 4.69) is 25.5 Å². The van der Waals surface area contributed by atoms with Crippen LogP contribution in [0.2, 0.25) is 0 Å². The van der Waals surface area contributed by atoms with E-state index in [1.807, 2.05) is 0 Å². The van der Waals surface area contributed by atoms with Gasteiger partial charge in [-0.3, -0.25) is 4.68 Å². The first-order valence-corrected chi connectivity index (χ1v) is 6.92. The minimum atomic E-state index is 0.604. The molecule has 0 radical (unpaired) electrons. The van der Waals surface area contributed by atoms with Crippen molar-refractivity contribution in [1.82, 2.24) is 9.78 Å². The smallest absolute Gasteiger partial charge is 0.0641 e. The van der Waals surface area contributed by atoms with Gasteiger partial charge in [-0.1, -0.05) is 26.2 Å². The van der Waals surface area contributed by atoms with Crippen molar-refractivity contribution in [2.75, 3.05) is 0 Å². The zero-order valence-corrected chi connectivity index (χ0v) is 11.4. The van der Waals surface area contributed by atoms with Gasteiger partial charge in [0.2, 0.25) is 0 Å². The number of aromatic nitrogens is 2. The van der Waals surface area contributed by atoms with E-state index in [-0.39, 0.29) is 0 Å². The summed E-state index contributed by atoms with van der Waals surface area (Å²) < 4.78 is 2.25. The van der Waals surface area contributed by atoms with Crippen molar-refractivity contribution >= 4 is 0 Å². The Morgan fingerprint density at radius 2 is 2.12 bits per heavy atom. The molecule has 0 bridgehead atoms. The average Bonchev–Trinajstić information content (AvgIpc) is 2.64. The van der Waals surface area contributed by atoms with Gasteiger partial charge in [0.15, 0.2) is 0 Å². The second-order valence-corrected chi connectivity index (χ2v) is 5.39. The quantitative estimate of drug-likeness (QED) is 0.875. The zero-order chi connectivity index (χ0) is 12.4. The molecule has 2 atom stereocenters. The molecule has 0 aromatic carbocycles. The van der Waals surface area contributed by atoms with E-state index < -0.39 is 0 Å². The largest absolute Gasteiger partial charge is 0.326 e. The summed E-state index contributed by atoms with van der Waals surface area (Å²) in [6, 6.07) is 0.604. The van der Waals surface area contributed by atoms with Crippen molar-refractivity contribution in [3.05, 3.63) is 17.0 Å². The Hall–Kier alpha value is -0.830. The summed E-state index contributed by atoms with van der Waals surface area (Å²) in [6.07, 6.45) is 6.63. The minimum absolute atomic E-state index is 0.604. The van der Waals surface area contributed by atoms with Crippen LogP contribution in [0.4, 0.5) is 0 Å². The monoisotopic (exact) mass is 235 g/mol. The first-order valence-electron chi connectivity index (χ1n) is 6.92. The highest BCUT2D eigenvalue weighted by atomic mass is 15.3. The maximum atomic E-state index is 5.79. The van der Waals surface area contributed by atoms with Crippen LogP contribution in [-0.4, -0.2) is 9.78 Å². The van der Waals surface area contributed by atoms with Gasteiger partial charge < -0.3 is 5.73 Å². The lowest BCUT2D eigenvalue weighted by atomic mass is 9.84. The lowest BCUT2D eigenvalue weighted by Crippen LogP contribution is -2.21. The Morgan fingerprint density at radius 3 is 2.71 bits per heavy atom. The van der Waals surface area contributed by atoms with Gasteiger partial charge in [0, 0.05) is 17.8 Å². The van der Waals surface area contributed by atoms with Gasteiger partial charge in [-0.15, -0.1) is 0 Å². The molecule has 1 aromatic rings. The minimum Gasteiger partial charge on any atom is -0.326 e. The predicted octanol–water partition coefficient (Wildman–Crippen LogP) is 3.10. The van der Waals surface area contributed by atoms with Gasteiger partial charge in [0.1, 0.15) is 0 Å². The normalized spacial score (nSPS) is 25.2. The van der Waals surface area contributed by atoms with Gasteiger partial charge in [0.25, 0.3) is 0 Å². The lowest BCUT2D eigenvalue weighted by molar-refractivity contribution is 0.244. The number of nitrogens with two attached hydrogens (primary N) is 1. The summed E-state index contributed by atoms with van der Waals surface area (Å²) in [4.78, 5) is 0. The first-order chi connectivity index (χ1) is 8.17. The zero-order valence-electron chi connectivity index (χ0n) is 11.4. The summed E-state index contributed by atoms with van der Waals surface area (Å²) in [7, 11) is 0. The van der Waals surface area contributed by atoms with Crippen molar-refractivity contribution in [3.8, 4) is 0 Å². The molecule has 17 heavy (non-hydrogen) atoms. The molecule has 96 valence electrons. The fourth-order valence-corrected chi connectivity index (χ4v) is 3.20. The third kappa shape index (κ3) is 2.39. The summed E-state index contributed by atoms with van der Waals surface area (Å²) in [5, 5.41) is 4.71. The van der Waals surface area contributed by atoms with Crippen LogP contribution in [0.3, 0.4) is 0 Å². The first kappa shape index (κ1) is 12.6. The van der Waals surface area contributed by atoms with E-state index in [1.54, 1.807) is 0 Å². The lowest BCUT2D eigenvalue weighted by Gasteiger charge is -2.29. The number of aryl methyl sites for hydroxylation is 1. The van der Waals surface area contributed by atoms with Crippen LogP contribution in [0.15, 0.2) is 0 Å². The molecular formula is C14H25N3. The second kappa shape index (κ2) is 5.21. The Balaban J connectivity index is 2.22. The Bertz CT molecular complexity index is 381. The maximum absolute atomic E-state index is 5.79. The Morgan fingerprint density at radius 1 is 1.35 bits per heavy atom. The van der Waals surface area contributed by atoms with Crippen LogP contribution in [-0.2, 0) is 6.54 Å². The predicted molar refractivity (Wildman–Crippen MR) is 70.9 cm³/mol. The molecular weight excluding hydrogens is 210 g/mol. The van der Waals surface area contributed by atoms with Crippen LogP contribution in [0, 0.1) is 19.8 Å². The summed E-state index contributed by atoms with van der Waals surface area (Å²) >= 11 is 0. The van der Waals surface area contributed by atoms with E-state index >= 15 is 0 Å². The van der Waals surface area contributed by atoms with Crippen molar-refractivity contribution in [2.45, 2.75) is 65.5 Å². The third-order valence-corrected chi connectivity index (χ3v) is 4.36. The maximum Gasteiger partial charge on any atom is 0.0641 e. The van der Waals surface area contributed by atoms with Crippen LogP contribution < -0.4 is 5.73 Å². The Labute approximate surface area is 104 Å². The van der Waals surface area contributed by atoms with Crippen LogP contribution in [0.5, 0.6) is 0 Å². The van der Waals surface area contributed by atoms with Crippen LogP contribution in [0.25, 0.3) is 0 Å². The molecule has 2 N–H and O–H groups in total. The highest BCUT2D eigenvalue weighted by molar-refractivity contribution is 5.24. The van der Waals surface area contributed by atoms with Gasteiger partial charge in [0.05, 0.1) is 11.7 Å². The Kier molecular flexibility index (Phi) is 3.87. The molecule has 0 saturated heterocycles. The van der Waals surface area contributed by atoms with Crippen molar-refractivity contribution in [1.29, 1.82) is 0 Å². The van der Waals surface area contributed by atoms with E-state index in [1.165, 1.54) is 43.4 Å². The highest BCUT2D eigenvalue weighted by Gasteiger charge is 2.24. The molecule has 0 spiro atoms. The number of rotatable bonds is 3. The van der Waals surface area contributed by atoms with Crippen molar-refractivity contribution < 1.29 is 0 Å². The molecule has 2 rings (SSSR count). The average molecular weight is 235 g/mol. The fraction of sp³-hybridized carbons (Fsp3) is 0.786. The standard InChI is InChI=1S/C14H25N3/c1-4-12-6-5-7-13(8-12)17-11(3)14(9-15)10(2)16-17/h12-13H,4-9,15H2,1-3H3.